The number of nitrogens with one attached hydrogen (secondary N) is 1. The number of carbonyl (C=O) groups excluding carboxylic acids is 2. The van der Waals surface area contributed by atoms with Crippen LogP contribution < -0.4 is 19.5 Å². The molecular weight excluding hydrogens is 500 g/mol. The third-order valence-corrected chi connectivity index (χ3v) is 7.28. The first-order chi connectivity index (χ1) is 18.9. The molecule has 1 N–H and O–H groups in total. The number of aromatic nitrogens is 2. The van der Waals surface area contributed by atoms with Gasteiger partial charge in [-0.15, -0.1) is 0 Å². The number of piperidine rings is 1. The van der Waals surface area contributed by atoms with Gasteiger partial charge < -0.3 is 29.2 Å². The molecule has 0 saturated carbocycles. The van der Waals surface area contributed by atoms with Crippen LogP contribution in [0.5, 0.6) is 17.2 Å². The highest BCUT2D eigenvalue weighted by Crippen LogP contribution is 2.40. The van der Waals surface area contributed by atoms with Gasteiger partial charge in [-0.3, -0.25) is 9.48 Å². The van der Waals surface area contributed by atoms with E-state index in [-0.39, 0.29) is 5.91 Å². The lowest BCUT2D eigenvalue weighted by molar-refractivity contribution is -0.177. The topological polar surface area (TPSA) is 104 Å². The quantitative estimate of drug-likeness (QED) is 0.377. The molecule has 200 valence electrons. The summed E-state index contributed by atoms with van der Waals surface area (Å²) in [6.07, 6.45) is 2.40. The molecule has 1 spiro atoms. The van der Waals surface area contributed by atoms with Crippen molar-refractivity contribution in [3.63, 3.8) is 0 Å². The van der Waals surface area contributed by atoms with E-state index in [0.717, 1.165) is 22.3 Å². The van der Waals surface area contributed by atoms with Crippen molar-refractivity contribution in [2.75, 3.05) is 32.6 Å². The number of nitrogens with zero attached hydrogens (tertiary/aromatic N) is 3. The third-order valence-electron chi connectivity index (χ3n) is 7.28. The molecule has 10 heteroatoms. The first-order valence-electron chi connectivity index (χ1n) is 12.7. The van der Waals surface area contributed by atoms with Crippen LogP contribution in [0.4, 0.5) is 11.5 Å². The molecule has 0 unspecified atom stereocenters. The molecule has 6 rings (SSSR count). The highest BCUT2D eigenvalue weighted by atomic mass is 16.7. The number of benzene rings is 3. The van der Waals surface area contributed by atoms with Gasteiger partial charge in [-0.25, -0.2) is 4.79 Å². The molecule has 0 radical (unpaired) electrons. The minimum absolute atomic E-state index is 0.135. The van der Waals surface area contributed by atoms with Gasteiger partial charge in [0.05, 0.1) is 20.4 Å². The molecule has 10 nitrogen and oxygen atoms in total. The highest BCUT2D eigenvalue weighted by Gasteiger charge is 2.45. The van der Waals surface area contributed by atoms with E-state index in [4.69, 9.17) is 18.9 Å². The SMILES string of the molecule is COc1cc(C(=O)N2CCC3(CC2)OC(=O)c2cc(Nc4ccnn4C)ccc2O3)cc2c(OC)cccc12. The van der Waals surface area contributed by atoms with Crippen LogP contribution in [0.15, 0.2) is 60.8 Å². The van der Waals surface area contributed by atoms with Crippen molar-refractivity contribution < 1.29 is 28.5 Å². The van der Waals surface area contributed by atoms with Crippen molar-refractivity contribution in [3.8, 4) is 17.2 Å². The molecule has 2 aliphatic rings. The Labute approximate surface area is 225 Å². The molecule has 0 atom stereocenters. The van der Waals surface area contributed by atoms with Crippen LogP contribution in [0.1, 0.15) is 33.6 Å². The summed E-state index contributed by atoms with van der Waals surface area (Å²) in [5.74, 6) is 0.825. The summed E-state index contributed by atoms with van der Waals surface area (Å²) in [5, 5.41) is 9.04. The van der Waals surface area contributed by atoms with Gasteiger partial charge in [-0.2, -0.15) is 5.10 Å². The normalized spacial score (nSPS) is 15.9. The molecule has 3 aromatic carbocycles. The van der Waals surface area contributed by atoms with Crippen molar-refractivity contribution in [1.29, 1.82) is 0 Å². The number of methoxy groups -OCH3 is 2. The average molecular weight is 529 g/mol. The zero-order valence-corrected chi connectivity index (χ0v) is 21.9. The van der Waals surface area contributed by atoms with E-state index >= 15 is 0 Å². The van der Waals surface area contributed by atoms with Gasteiger partial charge in [-0.1, -0.05) is 12.1 Å². The minimum atomic E-state index is -1.11. The number of fused-ring (bicyclic) bond motifs is 2. The first-order valence-corrected chi connectivity index (χ1v) is 12.7. The molecule has 1 aromatic heterocycles. The predicted octanol–water partition coefficient (Wildman–Crippen LogP) is 4.52. The Morgan fingerprint density at radius 2 is 1.77 bits per heavy atom. The number of hydrogen-bond acceptors (Lipinski definition) is 8. The Morgan fingerprint density at radius 3 is 2.49 bits per heavy atom. The summed E-state index contributed by atoms with van der Waals surface area (Å²) in [5.41, 5.74) is 1.57. The van der Waals surface area contributed by atoms with E-state index in [2.05, 4.69) is 10.4 Å². The standard InChI is InChI=1S/C29H28N4O6/c1-32-26(9-12-30-32)31-19-7-8-24-22(17-19)28(35)39-29(38-24)10-13-33(14-11-29)27(34)18-15-21-20(25(16-18)37-3)5-4-6-23(21)36-2/h4-9,12,15-17,31H,10-11,13-14H2,1-3H3. The summed E-state index contributed by atoms with van der Waals surface area (Å²) in [7, 11) is 5.01. The summed E-state index contributed by atoms with van der Waals surface area (Å²) in [4.78, 5) is 28.3. The average Bonchev–Trinajstić information content (AvgIpc) is 3.36. The fourth-order valence-corrected chi connectivity index (χ4v) is 5.18. The van der Waals surface area contributed by atoms with Gasteiger partial charge in [-0.05, 0) is 36.4 Å². The summed E-state index contributed by atoms with van der Waals surface area (Å²) in [6.45, 7) is 0.738. The van der Waals surface area contributed by atoms with Gasteiger partial charge >= 0.3 is 5.97 Å². The van der Waals surface area contributed by atoms with Crippen molar-refractivity contribution in [3.05, 3.63) is 71.9 Å². The Morgan fingerprint density at radius 1 is 0.974 bits per heavy atom. The highest BCUT2D eigenvalue weighted by molar-refractivity contribution is 6.03. The van der Waals surface area contributed by atoms with Crippen molar-refractivity contribution >= 4 is 34.2 Å². The van der Waals surface area contributed by atoms with Crippen LogP contribution in [0.2, 0.25) is 0 Å². The lowest BCUT2D eigenvalue weighted by Crippen LogP contribution is -2.53. The fraction of sp³-hybridized carbons (Fsp3) is 0.276. The minimum Gasteiger partial charge on any atom is -0.496 e. The largest absolute Gasteiger partial charge is 0.496 e. The first kappa shape index (κ1) is 24.6. The lowest BCUT2D eigenvalue weighted by atomic mass is 9.99. The van der Waals surface area contributed by atoms with E-state index in [1.54, 1.807) is 48.2 Å². The van der Waals surface area contributed by atoms with Gasteiger partial charge in [0.2, 0.25) is 0 Å². The summed E-state index contributed by atoms with van der Waals surface area (Å²) < 4.78 is 24.8. The number of anilines is 2. The number of carbonyl (C=O) groups is 2. The lowest BCUT2D eigenvalue weighted by Gasteiger charge is -2.43. The van der Waals surface area contributed by atoms with Gasteiger partial charge in [0.1, 0.15) is 28.6 Å². The Balaban J connectivity index is 1.18. The number of likely N-dealkylation sites (tertiary alicyclic amines) is 1. The van der Waals surface area contributed by atoms with Gasteiger partial charge in [0, 0.05) is 61.1 Å². The van der Waals surface area contributed by atoms with E-state index in [9.17, 15) is 9.59 Å². The smallest absolute Gasteiger partial charge is 0.345 e. The number of hydrogen-bond donors (Lipinski definition) is 1. The zero-order valence-electron chi connectivity index (χ0n) is 21.9. The van der Waals surface area contributed by atoms with Crippen molar-refractivity contribution in [2.24, 2.45) is 7.05 Å². The molecule has 0 aliphatic carbocycles. The maximum Gasteiger partial charge on any atom is 0.345 e. The maximum absolute atomic E-state index is 13.5. The summed E-state index contributed by atoms with van der Waals surface area (Å²) in [6, 6.07) is 16.4. The molecule has 39 heavy (non-hydrogen) atoms. The van der Waals surface area contributed by atoms with Crippen LogP contribution >= 0.6 is 0 Å². The molecule has 1 saturated heterocycles. The third kappa shape index (κ3) is 4.37. The molecule has 1 amide bonds. The van der Waals surface area contributed by atoms with E-state index in [0.29, 0.717) is 54.3 Å². The van der Waals surface area contributed by atoms with Crippen LogP contribution in [0.25, 0.3) is 10.8 Å². The van der Waals surface area contributed by atoms with Crippen molar-refractivity contribution in [2.45, 2.75) is 18.6 Å². The van der Waals surface area contributed by atoms with Gasteiger partial charge in [0.25, 0.3) is 11.7 Å². The summed E-state index contributed by atoms with van der Waals surface area (Å²) >= 11 is 0. The van der Waals surface area contributed by atoms with Crippen molar-refractivity contribution in [1.82, 2.24) is 14.7 Å². The fourth-order valence-electron chi connectivity index (χ4n) is 5.18. The van der Waals surface area contributed by atoms with Crippen LogP contribution in [-0.2, 0) is 11.8 Å². The Bertz CT molecular complexity index is 1590. The molecule has 0 bridgehead atoms. The van der Waals surface area contributed by atoms with Crippen LogP contribution in [0, 0.1) is 0 Å². The van der Waals surface area contributed by atoms with Gasteiger partial charge in [0.15, 0.2) is 0 Å². The van der Waals surface area contributed by atoms with Crippen LogP contribution in [-0.4, -0.2) is 59.7 Å². The number of rotatable bonds is 5. The molecule has 2 aliphatic heterocycles. The predicted molar refractivity (Wildman–Crippen MR) is 144 cm³/mol. The maximum atomic E-state index is 13.5. The second kappa shape index (κ2) is 9.54. The molecule has 1 fully saturated rings. The van der Waals surface area contributed by atoms with Crippen LogP contribution in [0.3, 0.4) is 0 Å². The number of esters is 1. The second-order valence-corrected chi connectivity index (χ2v) is 9.60. The Kier molecular flexibility index (Phi) is 6.02. The molecule has 3 heterocycles. The Hall–Kier alpha value is -4.73. The van der Waals surface area contributed by atoms with E-state index in [1.165, 1.54) is 0 Å². The number of ether oxygens (including phenoxy) is 4. The molecular formula is C29H28N4O6. The monoisotopic (exact) mass is 528 g/mol. The zero-order chi connectivity index (χ0) is 27.1. The number of aryl methyl sites for hydroxylation is 1. The second-order valence-electron chi connectivity index (χ2n) is 9.60. The number of amides is 1. The van der Waals surface area contributed by atoms with E-state index < -0.39 is 11.8 Å². The van der Waals surface area contributed by atoms with E-state index in [1.807, 2.05) is 43.4 Å². The molecule has 4 aromatic rings.